The number of anilines is 1. The Kier molecular flexibility index (Phi) is 7.17. The maximum absolute atomic E-state index is 11.8. The Morgan fingerprint density at radius 2 is 2.09 bits per heavy atom. The van der Waals surface area contributed by atoms with Gasteiger partial charge in [-0.3, -0.25) is 19.7 Å². The molecule has 8 nitrogen and oxygen atoms in total. The molecular weight excluding hydrogens is 312 g/mol. The number of carbonyl (C=O) groups is 2. The van der Waals surface area contributed by atoms with Gasteiger partial charge < -0.3 is 14.8 Å². The van der Waals surface area contributed by atoms with Gasteiger partial charge in [0.15, 0.2) is 0 Å². The van der Waals surface area contributed by atoms with E-state index >= 15 is 0 Å². The quantitative estimate of drug-likeness (QED) is 0.336. The van der Waals surface area contributed by atoms with Crippen molar-refractivity contribution in [2.24, 2.45) is 0 Å². The second-order valence-electron chi connectivity index (χ2n) is 4.07. The van der Waals surface area contributed by atoms with Gasteiger partial charge in [0.05, 0.1) is 37.4 Å². The van der Waals surface area contributed by atoms with Crippen molar-refractivity contribution in [2.45, 2.75) is 6.42 Å². The molecule has 1 rings (SSSR count). The van der Waals surface area contributed by atoms with Crippen LogP contribution in [0.1, 0.15) is 6.42 Å². The Labute approximate surface area is 131 Å². The lowest BCUT2D eigenvalue weighted by molar-refractivity contribution is -0.384. The average Bonchev–Trinajstić information content (AvgIpc) is 2.51. The highest BCUT2D eigenvalue weighted by atomic mass is 32.2. The second kappa shape index (κ2) is 8.88. The summed E-state index contributed by atoms with van der Waals surface area (Å²) < 4.78 is 9.39. The molecule has 0 spiro atoms. The summed E-state index contributed by atoms with van der Waals surface area (Å²) >= 11 is 1.24. The van der Waals surface area contributed by atoms with Crippen molar-refractivity contribution in [2.75, 3.05) is 31.0 Å². The lowest BCUT2D eigenvalue weighted by Crippen LogP contribution is -2.15. The van der Waals surface area contributed by atoms with Gasteiger partial charge in [-0.15, -0.1) is 0 Å². The van der Waals surface area contributed by atoms with Gasteiger partial charge in [0, 0.05) is 5.75 Å². The molecule has 0 aliphatic heterocycles. The molecule has 1 amide bonds. The maximum Gasteiger partial charge on any atom is 0.306 e. The van der Waals surface area contributed by atoms with Crippen molar-refractivity contribution in [3.8, 4) is 5.75 Å². The number of carbonyl (C=O) groups excluding carboxylic acids is 2. The van der Waals surface area contributed by atoms with Crippen molar-refractivity contribution in [1.29, 1.82) is 0 Å². The van der Waals surface area contributed by atoms with Gasteiger partial charge in [-0.05, 0) is 12.1 Å². The number of methoxy groups -OCH3 is 2. The molecule has 0 atom stereocenters. The van der Waals surface area contributed by atoms with E-state index in [1.165, 1.54) is 44.2 Å². The number of hydrogen-bond acceptors (Lipinski definition) is 7. The highest BCUT2D eigenvalue weighted by Gasteiger charge is 2.17. The molecule has 0 heterocycles. The van der Waals surface area contributed by atoms with Gasteiger partial charge in [-0.2, -0.15) is 11.8 Å². The lowest BCUT2D eigenvalue weighted by atomic mass is 10.2. The van der Waals surface area contributed by atoms with Gasteiger partial charge in [0.25, 0.3) is 5.69 Å². The average molecular weight is 328 g/mol. The number of benzene rings is 1. The molecule has 22 heavy (non-hydrogen) atoms. The minimum absolute atomic E-state index is 0.0835. The van der Waals surface area contributed by atoms with Gasteiger partial charge in [-0.1, -0.05) is 0 Å². The molecule has 0 radical (unpaired) electrons. The van der Waals surface area contributed by atoms with Crippen LogP contribution in [-0.4, -0.2) is 42.5 Å². The van der Waals surface area contributed by atoms with Crippen LogP contribution in [0.15, 0.2) is 18.2 Å². The topological polar surface area (TPSA) is 108 Å². The third kappa shape index (κ3) is 5.60. The Morgan fingerprint density at radius 3 is 2.68 bits per heavy atom. The molecule has 0 saturated heterocycles. The van der Waals surface area contributed by atoms with E-state index in [-0.39, 0.29) is 35.4 Å². The minimum Gasteiger partial charge on any atom is -0.496 e. The molecule has 0 bridgehead atoms. The fraction of sp³-hybridized carbons (Fsp3) is 0.385. The van der Waals surface area contributed by atoms with Crippen LogP contribution in [-0.2, 0) is 14.3 Å². The SMILES string of the molecule is COC(=O)CCSCC(=O)Nc1ccc(OC)cc1[N+](=O)[O-]. The number of rotatable bonds is 8. The van der Waals surface area contributed by atoms with Crippen LogP contribution >= 0.6 is 11.8 Å². The van der Waals surface area contributed by atoms with E-state index in [2.05, 4.69) is 10.1 Å². The van der Waals surface area contributed by atoms with E-state index in [9.17, 15) is 19.7 Å². The highest BCUT2D eigenvalue weighted by Crippen LogP contribution is 2.29. The maximum atomic E-state index is 11.8. The van der Waals surface area contributed by atoms with E-state index in [1.54, 1.807) is 0 Å². The summed E-state index contributed by atoms with van der Waals surface area (Å²) in [7, 11) is 2.69. The van der Waals surface area contributed by atoms with Crippen LogP contribution in [0.3, 0.4) is 0 Å². The fourth-order valence-electron chi connectivity index (χ4n) is 1.50. The van der Waals surface area contributed by atoms with E-state index < -0.39 is 4.92 Å². The summed E-state index contributed by atoms with van der Waals surface area (Å²) in [5.41, 5.74) is -0.142. The molecule has 0 aromatic heterocycles. The Bertz CT molecular complexity index is 563. The van der Waals surface area contributed by atoms with Gasteiger partial charge >= 0.3 is 5.97 Å². The molecule has 0 fully saturated rings. The van der Waals surface area contributed by atoms with Crippen molar-refractivity contribution in [3.63, 3.8) is 0 Å². The smallest absolute Gasteiger partial charge is 0.306 e. The third-order valence-electron chi connectivity index (χ3n) is 2.59. The molecular formula is C13H16N2O6S. The van der Waals surface area contributed by atoms with Crippen LogP contribution in [0.25, 0.3) is 0 Å². The zero-order chi connectivity index (χ0) is 16.5. The number of nitro benzene ring substituents is 1. The highest BCUT2D eigenvalue weighted by molar-refractivity contribution is 7.99. The van der Waals surface area contributed by atoms with Crippen LogP contribution in [0.5, 0.6) is 5.75 Å². The summed E-state index contributed by atoms with van der Waals surface area (Å²) in [6, 6.07) is 4.17. The molecule has 0 aliphatic carbocycles. The molecule has 120 valence electrons. The molecule has 1 N–H and O–H groups in total. The summed E-state index contributed by atoms with van der Waals surface area (Å²) in [6.45, 7) is 0. The monoisotopic (exact) mass is 328 g/mol. The first kappa shape index (κ1) is 17.8. The number of thioether (sulfide) groups is 1. The van der Waals surface area contributed by atoms with Crippen molar-refractivity contribution in [3.05, 3.63) is 28.3 Å². The van der Waals surface area contributed by atoms with Gasteiger partial charge in [0.1, 0.15) is 11.4 Å². The first-order valence-corrected chi connectivity index (χ1v) is 7.40. The molecule has 0 saturated carbocycles. The molecule has 9 heteroatoms. The Balaban J connectivity index is 2.57. The zero-order valence-corrected chi connectivity index (χ0v) is 13.0. The minimum atomic E-state index is -0.595. The standard InChI is InChI=1S/C13H16N2O6S/c1-20-9-3-4-10(11(7-9)15(18)19)14-12(16)8-22-6-5-13(17)21-2/h3-4,7H,5-6,8H2,1-2H3,(H,14,16). The van der Waals surface area contributed by atoms with Gasteiger partial charge in [0.2, 0.25) is 5.91 Å². The van der Waals surface area contributed by atoms with E-state index in [0.29, 0.717) is 11.5 Å². The van der Waals surface area contributed by atoms with Crippen molar-refractivity contribution < 1.29 is 24.0 Å². The number of amides is 1. The number of nitrogens with zero attached hydrogens (tertiary/aromatic N) is 1. The lowest BCUT2D eigenvalue weighted by Gasteiger charge is -2.07. The van der Waals surface area contributed by atoms with Crippen LogP contribution in [0, 0.1) is 10.1 Å². The fourth-order valence-corrected chi connectivity index (χ4v) is 2.22. The zero-order valence-electron chi connectivity index (χ0n) is 12.2. The molecule has 0 unspecified atom stereocenters. The molecule has 1 aromatic rings. The number of ether oxygens (including phenoxy) is 2. The van der Waals surface area contributed by atoms with Crippen molar-refractivity contribution >= 4 is 35.0 Å². The molecule has 1 aromatic carbocycles. The Morgan fingerprint density at radius 1 is 1.36 bits per heavy atom. The summed E-state index contributed by atoms with van der Waals surface area (Å²) in [4.78, 5) is 33.0. The number of esters is 1. The first-order chi connectivity index (χ1) is 10.5. The van der Waals surface area contributed by atoms with E-state index in [4.69, 9.17) is 4.74 Å². The Hall–Kier alpha value is -2.29. The number of hydrogen-bond donors (Lipinski definition) is 1. The normalized spacial score (nSPS) is 9.91. The largest absolute Gasteiger partial charge is 0.496 e. The summed E-state index contributed by atoms with van der Waals surface area (Å²) in [6.07, 6.45) is 0.205. The van der Waals surface area contributed by atoms with Gasteiger partial charge in [-0.25, -0.2) is 0 Å². The predicted octanol–water partition coefficient (Wildman–Crippen LogP) is 1.84. The second-order valence-corrected chi connectivity index (χ2v) is 5.17. The number of nitro groups is 1. The summed E-state index contributed by atoms with van der Waals surface area (Å²) in [5, 5.41) is 13.5. The third-order valence-corrected chi connectivity index (χ3v) is 3.55. The summed E-state index contributed by atoms with van der Waals surface area (Å²) in [5.74, 6) is 0.115. The van der Waals surface area contributed by atoms with E-state index in [0.717, 1.165) is 0 Å². The molecule has 0 aliphatic rings. The van der Waals surface area contributed by atoms with E-state index in [1.807, 2.05) is 0 Å². The number of nitrogens with one attached hydrogen (secondary N) is 1. The van der Waals surface area contributed by atoms with Crippen molar-refractivity contribution in [1.82, 2.24) is 0 Å². The van der Waals surface area contributed by atoms with Crippen LogP contribution in [0.2, 0.25) is 0 Å². The van der Waals surface area contributed by atoms with Crippen LogP contribution in [0.4, 0.5) is 11.4 Å². The predicted molar refractivity (Wildman–Crippen MR) is 82.2 cm³/mol. The van der Waals surface area contributed by atoms with Crippen LogP contribution < -0.4 is 10.1 Å². The first-order valence-electron chi connectivity index (χ1n) is 6.24.